The molecule has 29 heavy (non-hydrogen) atoms. The molecule has 4 rings (SSSR count). The van der Waals surface area contributed by atoms with Gasteiger partial charge >= 0.3 is 0 Å². The zero-order valence-corrected chi connectivity index (χ0v) is 17.2. The Labute approximate surface area is 174 Å². The number of anilines is 2. The fraction of sp³-hybridized carbons (Fsp3) is 0.318. The van der Waals surface area contributed by atoms with Crippen LogP contribution in [0.3, 0.4) is 0 Å². The second-order valence-corrected chi connectivity index (χ2v) is 8.06. The van der Waals surface area contributed by atoms with Crippen molar-refractivity contribution in [3.8, 4) is 5.75 Å². The summed E-state index contributed by atoms with van der Waals surface area (Å²) in [5.41, 5.74) is 0.903. The van der Waals surface area contributed by atoms with E-state index in [0.29, 0.717) is 6.54 Å². The van der Waals surface area contributed by atoms with Gasteiger partial charge in [-0.1, -0.05) is 6.07 Å². The first kappa shape index (κ1) is 19.4. The number of hydrogen-bond acceptors (Lipinski definition) is 6. The number of hydrogen-bond donors (Lipinski definition) is 0. The van der Waals surface area contributed by atoms with Gasteiger partial charge in [-0.2, -0.15) is 0 Å². The third-order valence-electron chi connectivity index (χ3n) is 5.26. The van der Waals surface area contributed by atoms with Crippen molar-refractivity contribution in [1.82, 2.24) is 9.97 Å². The van der Waals surface area contributed by atoms with Crippen LogP contribution in [0, 0.1) is 5.92 Å². The molecule has 0 bridgehead atoms. The van der Waals surface area contributed by atoms with Crippen molar-refractivity contribution in [3.05, 3.63) is 65.2 Å². The Hall–Kier alpha value is -2.93. The summed E-state index contributed by atoms with van der Waals surface area (Å²) < 4.78 is 5.27. The van der Waals surface area contributed by atoms with Gasteiger partial charge < -0.3 is 14.5 Å². The molecule has 0 aliphatic carbocycles. The highest BCUT2D eigenvalue weighted by molar-refractivity contribution is 7.09. The number of aromatic nitrogens is 2. The van der Waals surface area contributed by atoms with Gasteiger partial charge in [-0.3, -0.25) is 9.78 Å². The van der Waals surface area contributed by atoms with Gasteiger partial charge in [0.1, 0.15) is 11.6 Å². The second-order valence-electron chi connectivity index (χ2n) is 7.03. The molecule has 0 N–H and O–H groups in total. The number of amides is 1. The van der Waals surface area contributed by atoms with Crippen LogP contribution >= 0.6 is 11.3 Å². The standard InChI is InChI=1S/C22H24N4O2S/c1-28-19-6-4-18(5-7-19)26(16-20-3-2-14-29-20)22(27)17-8-12-25(13-9-17)21-15-23-10-11-24-21/h2-7,10-11,14-15,17H,8-9,12-13,16H2,1H3. The molecule has 150 valence electrons. The molecule has 3 heterocycles. The van der Waals surface area contributed by atoms with E-state index in [1.54, 1.807) is 37.0 Å². The minimum Gasteiger partial charge on any atom is -0.497 e. The minimum atomic E-state index is 0.00462. The summed E-state index contributed by atoms with van der Waals surface area (Å²) in [4.78, 5) is 27.3. The molecule has 7 heteroatoms. The molecule has 6 nitrogen and oxygen atoms in total. The Balaban J connectivity index is 1.49. The number of nitrogens with zero attached hydrogens (tertiary/aromatic N) is 4. The second kappa shape index (κ2) is 9.05. The van der Waals surface area contributed by atoms with Crippen LogP contribution in [-0.4, -0.2) is 36.1 Å². The van der Waals surface area contributed by atoms with Gasteiger partial charge in [0.25, 0.3) is 0 Å². The molecule has 1 aliphatic heterocycles. The lowest BCUT2D eigenvalue weighted by Crippen LogP contribution is -2.42. The van der Waals surface area contributed by atoms with E-state index in [4.69, 9.17) is 4.74 Å². The molecule has 2 aromatic heterocycles. The average Bonchev–Trinajstić information content (AvgIpc) is 3.31. The molecule has 0 spiro atoms. The molecular formula is C22H24N4O2S. The van der Waals surface area contributed by atoms with Crippen molar-refractivity contribution in [2.24, 2.45) is 5.92 Å². The molecule has 0 radical (unpaired) electrons. The molecule has 1 aliphatic rings. The first-order valence-corrected chi connectivity index (χ1v) is 10.6. The van der Waals surface area contributed by atoms with Crippen molar-refractivity contribution in [2.45, 2.75) is 19.4 Å². The van der Waals surface area contributed by atoms with Crippen LogP contribution in [0.25, 0.3) is 0 Å². The average molecular weight is 409 g/mol. The maximum absolute atomic E-state index is 13.5. The van der Waals surface area contributed by atoms with Crippen LogP contribution in [0.15, 0.2) is 60.4 Å². The predicted molar refractivity (Wildman–Crippen MR) is 115 cm³/mol. The predicted octanol–water partition coefficient (Wildman–Crippen LogP) is 4.00. The Morgan fingerprint density at radius 3 is 2.62 bits per heavy atom. The lowest BCUT2D eigenvalue weighted by Gasteiger charge is -2.34. The fourth-order valence-electron chi connectivity index (χ4n) is 3.65. The SMILES string of the molecule is COc1ccc(N(Cc2cccs2)C(=O)C2CCN(c3cnccn3)CC2)cc1. The van der Waals surface area contributed by atoms with Crippen molar-refractivity contribution < 1.29 is 9.53 Å². The summed E-state index contributed by atoms with van der Waals surface area (Å²) in [5, 5.41) is 2.05. The largest absolute Gasteiger partial charge is 0.497 e. The lowest BCUT2D eigenvalue weighted by molar-refractivity contribution is -0.123. The van der Waals surface area contributed by atoms with Crippen molar-refractivity contribution in [1.29, 1.82) is 0 Å². The summed E-state index contributed by atoms with van der Waals surface area (Å²) in [6.07, 6.45) is 6.79. The maximum atomic E-state index is 13.5. The molecule has 1 saturated heterocycles. The van der Waals surface area contributed by atoms with Crippen LogP contribution in [0.1, 0.15) is 17.7 Å². The third kappa shape index (κ3) is 4.56. The van der Waals surface area contributed by atoms with Gasteiger partial charge in [-0.25, -0.2) is 4.98 Å². The van der Waals surface area contributed by atoms with E-state index >= 15 is 0 Å². The number of methoxy groups -OCH3 is 1. The van der Waals surface area contributed by atoms with E-state index in [9.17, 15) is 4.79 Å². The van der Waals surface area contributed by atoms with E-state index in [2.05, 4.69) is 20.9 Å². The summed E-state index contributed by atoms with van der Waals surface area (Å²) in [7, 11) is 1.65. The summed E-state index contributed by atoms with van der Waals surface area (Å²) in [6, 6.07) is 11.8. The van der Waals surface area contributed by atoms with Crippen LogP contribution in [0.4, 0.5) is 11.5 Å². The molecule has 0 atom stereocenters. The van der Waals surface area contributed by atoms with Gasteiger partial charge in [0.2, 0.25) is 5.91 Å². The van der Waals surface area contributed by atoms with Gasteiger partial charge in [-0.15, -0.1) is 11.3 Å². The topological polar surface area (TPSA) is 58.6 Å². The zero-order chi connectivity index (χ0) is 20.1. The van der Waals surface area contributed by atoms with Crippen molar-refractivity contribution in [3.63, 3.8) is 0 Å². The number of piperidine rings is 1. The van der Waals surface area contributed by atoms with Crippen LogP contribution in [-0.2, 0) is 11.3 Å². The molecule has 0 unspecified atom stereocenters. The van der Waals surface area contributed by atoms with Crippen LogP contribution in [0.5, 0.6) is 5.75 Å². The highest BCUT2D eigenvalue weighted by atomic mass is 32.1. The third-order valence-corrected chi connectivity index (χ3v) is 6.12. The van der Waals surface area contributed by atoms with Gasteiger partial charge in [0, 0.05) is 42.0 Å². The van der Waals surface area contributed by atoms with Gasteiger partial charge in [0.05, 0.1) is 19.9 Å². The Bertz CT molecular complexity index is 908. The quantitative estimate of drug-likeness (QED) is 0.617. The minimum absolute atomic E-state index is 0.00462. The first-order chi connectivity index (χ1) is 14.2. The Kier molecular flexibility index (Phi) is 6.05. The van der Waals surface area contributed by atoms with Crippen LogP contribution < -0.4 is 14.5 Å². The van der Waals surface area contributed by atoms with Crippen molar-refractivity contribution in [2.75, 3.05) is 30.0 Å². The van der Waals surface area contributed by atoms with Gasteiger partial charge in [0.15, 0.2) is 0 Å². The first-order valence-electron chi connectivity index (χ1n) is 9.73. The maximum Gasteiger partial charge on any atom is 0.230 e. The Morgan fingerprint density at radius 2 is 2.00 bits per heavy atom. The van der Waals surface area contributed by atoms with E-state index in [0.717, 1.165) is 43.2 Å². The normalized spacial score (nSPS) is 14.6. The van der Waals surface area contributed by atoms with E-state index in [-0.39, 0.29) is 11.8 Å². The number of thiophene rings is 1. The molecule has 1 fully saturated rings. The lowest BCUT2D eigenvalue weighted by atomic mass is 9.95. The molecule has 3 aromatic rings. The molecular weight excluding hydrogens is 384 g/mol. The van der Waals surface area contributed by atoms with E-state index in [1.807, 2.05) is 40.6 Å². The molecule has 1 aromatic carbocycles. The number of carbonyl (C=O) groups is 1. The molecule has 1 amide bonds. The highest BCUT2D eigenvalue weighted by Crippen LogP contribution is 2.28. The highest BCUT2D eigenvalue weighted by Gasteiger charge is 2.30. The number of carbonyl (C=O) groups excluding carboxylic acids is 1. The van der Waals surface area contributed by atoms with E-state index in [1.165, 1.54) is 4.88 Å². The number of rotatable bonds is 6. The number of ether oxygens (including phenoxy) is 1. The summed E-state index contributed by atoms with van der Waals surface area (Å²) >= 11 is 1.67. The van der Waals surface area contributed by atoms with Gasteiger partial charge in [-0.05, 0) is 48.6 Å². The number of benzene rings is 1. The Morgan fingerprint density at radius 1 is 1.21 bits per heavy atom. The van der Waals surface area contributed by atoms with Crippen LogP contribution in [0.2, 0.25) is 0 Å². The fourth-order valence-corrected chi connectivity index (χ4v) is 4.34. The smallest absolute Gasteiger partial charge is 0.230 e. The molecule has 0 saturated carbocycles. The summed E-state index contributed by atoms with van der Waals surface area (Å²) in [5.74, 6) is 1.85. The zero-order valence-electron chi connectivity index (χ0n) is 16.4. The van der Waals surface area contributed by atoms with E-state index < -0.39 is 0 Å². The summed E-state index contributed by atoms with van der Waals surface area (Å²) in [6.45, 7) is 2.21. The van der Waals surface area contributed by atoms with Crippen molar-refractivity contribution >= 4 is 28.7 Å². The monoisotopic (exact) mass is 408 g/mol.